The van der Waals surface area contributed by atoms with Gasteiger partial charge in [-0.3, -0.25) is 0 Å². The summed E-state index contributed by atoms with van der Waals surface area (Å²) in [6, 6.07) is 9.09. The van der Waals surface area contributed by atoms with E-state index in [0.29, 0.717) is 29.8 Å². The molecule has 0 spiro atoms. The molecule has 0 bridgehead atoms. The lowest BCUT2D eigenvalue weighted by atomic mass is 10.2. The van der Waals surface area contributed by atoms with Gasteiger partial charge in [0.1, 0.15) is 5.82 Å². The Morgan fingerprint density at radius 1 is 1.33 bits per heavy atom. The second-order valence-electron chi connectivity index (χ2n) is 5.69. The Hall–Kier alpha value is -1.86. The Bertz CT molecular complexity index is 828. The number of aromatic nitrogens is 2. The van der Waals surface area contributed by atoms with Crippen LogP contribution in [0, 0.1) is 0 Å². The SMILES string of the molecule is CCN(c1nccc(Nc2ccccc2Cl)n1)C1CCS(=O)(=O)C1. The molecule has 1 unspecified atom stereocenters. The summed E-state index contributed by atoms with van der Waals surface area (Å²) in [6.07, 6.45) is 2.27. The van der Waals surface area contributed by atoms with Gasteiger partial charge < -0.3 is 10.2 Å². The van der Waals surface area contributed by atoms with E-state index < -0.39 is 9.84 Å². The van der Waals surface area contributed by atoms with Crippen molar-refractivity contribution in [1.82, 2.24) is 9.97 Å². The first-order valence-electron chi connectivity index (χ1n) is 7.80. The summed E-state index contributed by atoms with van der Waals surface area (Å²) < 4.78 is 23.5. The van der Waals surface area contributed by atoms with E-state index in [2.05, 4.69) is 15.3 Å². The molecule has 2 heterocycles. The minimum atomic E-state index is -2.95. The molecule has 1 aliphatic rings. The highest BCUT2D eigenvalue weighted by atomic mass is 35.5. The summed E-state index contributed by atoms with van der Waals surface area (Å²) in [6.45, 7) is 2.62. The van der Waals surface area contributed by atoms with E-state index in [1.54, 1.807) is 18.3 Å². The molecule has 0 amide bonds. The number of benzene rings is 1. The highest BCUT2D eigenvalue weighted by Crippen LogP contribution is 2.26. The van der Waals surface area contributed by atoms with Gasteiger partial charge in [-0.2, -0.15) is 4.98 Å². The van der Waals surface area contributed by atoms with E-state index in [-0.39, 0.29) is 17.5 Å². The molecule has 3 rings (SSSR count). The molecule has 1 aliphatic heterocycles. The van der Waals surface area contributed by atoms with E-state index >= 15 is 0 Å². The summed E-state index contributed by atoms with van der Waals surface area (Å²) in [5.41, 5.74) is 0.760. The van der Waals surface area contributed by atoms with Crippen molar-refractivity contribution in [3.8, 4) is 0 Å². The van der Waals surface area contributed by atoms with Crippen LogP contribution in [-0.2, 0) is 9.84 Å². The zero-order valence-corrected chi connectivity index (χ0v) is 14.9. The quantitative estimate of drug-likeness (QED) is 0.876. The predicted molar refractivity (Wildman–Crippen MR) is 96.8 cm³/mol. The Labute approximate surface area is 146 Å². The Kier molecular flexibility index (Phi) is 4.91. The number of halogens is 1. The van der Waals surface area contributed by atoms with Crippen LogP contribution >= 0.6 is 11.6 Å². The molecule has 1 aromatic heterocycles. The number of para-hydroxylation sites is 1. The Balaban J connectivity index is 1.83. The minimum absolute atomic E-state index is 0.0736. The van der Waals surface area contributed by atoms with Gasteiger partial charge in [0, 0.05) is 18.8 Å². The van der Waals surface area contributed by atoms with Crippen molar-refractivity contribution >= 4 is 38.9 Å². The number of anilines is 3. The second kappa shape index (κ2) is 6.94. The molecule has 6 nitrogen and oxygen atoms in total. The van der Waals surface area contributed by atoms with E-state index in [1.165, 1.54) is 0 Å². The Morgan fingerprint density at radius 3 is 2.79 bits per heavy atom. The van der Waals surface area contributed by atoms with Gasteiger partial charge in [-0.15, -0.1) is 0 Å². The zero-order valence-electron chi connectivity index (χ0n) is 13.3. The van der Waals surface area contributed by atoms with Gasteiger partial charge in [0.25, 0.3) is 0 Å². The van der Waals surface area contributed by atoms with Crippen molar-refractivity contribution in [1.29, 1.82) is 0 Å². The lowest BCUT2D eigenvalue weighted by Crippen LogP contribution is -2.37. The van der Waals surface area contributed by atoms with Crippen LogP contribution in [0.4, 0.5) is 17.5 Å². The van der Waals surface area contributed by atoms with E-state index in [0.717, 1.165) is 5.69 Å². The molecule has 1 atom stereocenters. The van der Waals surface area contributed by atoms with Gasteiger partial charge in [0.2, 0.25) is 5.95 Å². The van der Waals surface area contributed by atoms with Crippen molar-refractivity contribution in [2.45, 2.75) is 19.4 Å². The summed E-state index contributed by atoms with van der Waals surface area (Å²) in [4.78, 5) is 10.8. The summed E-state index contributed by atoms with van der Waals surface area (Å²) in [5, 5.41) is 3.77. The normalized spacial score (nSPS) is 19.2. The number of nitrogens with zero attached hydrogens (tertiary/aromatic N) is 3. The first-order valence-corrected chi connectivity index (χ1v) is 10.00. The monoisotopic (exact) mass is 366 g/mol. The molecule has 128 valence electrons. The smallest absolute Gasteiger partial charge is 0.227 e. The molecule has 8 heteroatoms. The van der Waals surface area contributed by atoms with Gasteiger partial charge in [-0.05, 0) is 31.5 Å². The van der Waals surface area contributed by atoms with Gasteiger partial charge in [-0.25, -0.2) is 13.4 Å². The molecule has 0 radical (unpaired) electrons. The first-order chi connectivity index (χ1) is 11.5. The largest absolute Gasteiger partial charge is 0.339 e. The van der Waals surface area contributed by atoms with Crippen molar-refractivity contribution in [3.63, 3.8) is 0 Å². The van der Waals surface area contributed by atoms with Gasteiger partial charge in [-0.1, -0.05) is 23.7 Å². The van der Waals surface area contributed by atoms with Crippen molar-refractivity contribution in [3.05, 3.63) is 41.6 Å². The predicted octanol–water partition coefficient (Wildman–Crippen LogP) is 2.89. The van der Waals surface area contributed by atoms with Crippen LogP contribution in [0.25, 0.3) is 0 Å². The van der Waals surface area contributed by atoms with Crippen LogP contribution in [0.15, 0.2) is 36.5 Å². The third kappa shape index (κ3) is 3.79. The number of hydrogen-bond acceptors (Lipinski definition) is 6. The van der Waals surface area contributed by atoms with Gasteiger partial charge >= 0.3 is 0 Å². The topological polar surface area (TPSA) is 75.2 Å². The summed E-state index contributed by atoms with van der Waals surface area (Å²) in [5.74, 6) is 1.53. The molecule has 0 aliphatic carbocycles. The van der Waals surface area contributed by atoms with E-state index in [9.17, 15) is 8.42 Å². The molecular formula is C16H19ClN4O2S. The van der Waals surface area contributed by atoms with Gasteiger partial charge in [0.15, 0.2) is 9.84 Å². The maximum Gasteiger partial charge on any atom is 0.227 e. The van der Waals surface area contributed by atoms with Gasteiger partial charge in [0.05, 0.1) is 22.2 Å². The van der Waals surface area contributed by atoms with Crippen molar-refractivity contribution < 1.29 is 8.42 Å². The van der Waals surface area contributed by atoms with Crippen LogP contribution in [0.5, 0.6) is 0 Å². The highest BCUT2D eigenvalue weighted by molar-refractivity contribution is 7.91. The standard InChI is InChI=1S/C16H19ClN4O2S/c1-2-21(12-8-10-24(22,23)11-12)16-18-9-7-15(20-16)19-14-6-4-3-5-13(14)17/h3-7,9,12H,2,8,10-11H2,1H3,(H,18,19,20). The first kappa shape index (κ1) is 17.0. The lowest BCUT2D eigenvalue weighted by molar-refractivity contribution is 0.599. The lowest BCUT2D eigenvalue weighted by Gasteiger charge is -2.27. The van der Waals surface area contributed by atoms with E-state index in [4.69, 9.17) is 11.6 Å². The molecular weight excluding hydrogens is 348 g/mol. The molecule has 24 heavy (non-hydrogen) atoms. The fourth-order valence-corrected chi connectivity index (χ4v) is 4.75. The highest BCUT2D eigenvalue weighted by Gasteiger charge is 2.32. The average molecular weight is 367 g/mol. The summed E-state index contributed by atoms with van der Waals surface area (Å²) in [7, 11) is -2.95. The summed E-state index contributed by atoms with van der Waals surface area (Å²) >= 11 is 6.16. The third-order valence-corrected chi connectivity index (χ3v) is 6.11. The number of rotatable bonds is 5. The van der Waals surface area contributed by atoms with Crippen LogP contribution in [0.2, 0.25) is 5.02 Å². The fourth-order valence-electron chi connectivity index (χ4n) is 2.84. The molecule has 0 saturated carbocycles. The minimum Gasteiger partial charge on any atom is -0.339 e. The van der Waals surface area contributed by atoms with Crippen LogP contribution in [0.1, 0.15) is 13.3 Å². The molecule has 1 saturated heterocycles. The van der Waals surface area contributed by atoms with Crippen molar-refractivity contribution in [2.24, 2.45) is 0 Å². The second-order valence-corrected chi connectivity index (χ2v) is 8.33. The number of sulfone groups is 1. The Morgan fingerprint density at radius 2 is 2.12 bits per heavy atom. The average Bonchev–Trinajstić information content (AvgIpc) is 2.91. The van der Waals surface area contributed by atoms with Crippen LogP contribution in [-0.4, -0.2) is 42.5 Å². The molecule has 1 N–H and O–H groups in total. The molecule has 2 aromatic rings. The molecule has 1 aromatic carbocycles. The maximum atomic E-state index is 11.7. The van der Waals surface area contributed by atoms with E-state index in [1.807, 2.05) is 30.0 Å². The number of hydrogen-bond donors (Lipinski definition) is 1. The third-order valence-electron chi connectivity index (χ3n) is 4.03. The number of nitrogens with one attached hydrogen (secondary N) is 1. The fraction of sp³-hybridized carbons (Fsp3) is 0.375. The van der Waals surface area contributed by atoms with Crippen molar-refractivity contribution in [2.75, 3.05) is 28.3 Å². The van der Waals surface area contributed by atoms with Crippen LogP contribution in [0.3, 0.4) is 0 Å². The maximum absolute atomic E-state index is 11.7. The molecule has 1 fully saturated rings. The zero-order chi connectivity index (χ0) is 17.2. The van der Waals surface area contributed by atoms with Crippen LogP contribution < -0.4 is 10.2 Å².